The summed E-state index contributed by atoms with van der Waals surface area (Å²) in [7, 11) is -3.30. The van der Waals surface area contributed by atoms with Gasteiger partial charge in [-0.1, -0.05) is 0 Å². The van der Waals surface area contributed by atoms with Gasteiger partial charge in [-0.2, -0.15) is 0 Å². The highest BCUT2D eigenvalue weighted by Crippen LogP contribution is 2.45. The van der Waals surface area contributed by atoms with Gasteiger partial charge in [0.2, 0.25) is 0 Å². The first kappa shape index (κ1) is 8.72. The third-order valence-electron chi connectivity index (χ3n) is 0.197. The maximum atomic E-state index is 9.62. The van der Waals surface area contributed by atoms with Crippen molar-refractivity contribution >= 4 is 26.8 Å². The fourth-order valence-electron chi connectivity index (χ4n) is 0.102. The third-order valence-corrected chi connectivity index (χ3v) is 2.44. The summed E-state index contributed by atoms with van der Waals surface area (Å²) in [5.41, 5.74) is 0. The SMILES string of the molecule is O=[PH](O)OP(O)(O)=S. The van der Waals surface area contributed by atoms with Crippen molar-refractivity contribution < 1.29 is 23.6 Å². The fraction of sp³-hybridized carbons (Fsp3) is 0. The van der Waals surface area contributed by atoms with Gasteiger partial charge in [-0.05, 0) is 11.8 Å². The van der Waals surface area contributed by atoms with Crippen LogP contribution < -0.4 is 0 Å². The van der Waals surface area contributed by atoms with E-state index < -0.39 is 15.0 Å². The van der Waals surface area contributed by atoms with E-state index in [1.165, 1.54) is 0 Å². The molecule has 0 saturated carbocycles. The molecule has 1 atom stereocenters. The van der Waals surface area contributed by atoms with Gasteiger partial charge >= 0.3 is 15.0 Å². The smallest absolute Gasteiger partial charge is 0.326 e. The average molecular weight is 178 g/mol. The Morgan fingerprint density at radius 2 is 2.00 bits per heavy atom. The van der Waals surface area contributed by atoms with Gasteiger partial charge in [0, 0.05) is 0 Å². The Morgan fingerprint density at radius 3 is 2.00 bits per heavy atom. The Morgan fingerprint density at radius 1 is 1.62 bits per heavy atom. The number of hydrogen-bond acceptors (Lipinski definition) is 3. The number of rotatable bonds is 2. The first-order valence-electron chi connectivity index (χ1n) is 1.40. The molecule has 0 aliphatic heterocycles. The Labute approximate surface area is 51.1 Å². The monoisotopic (exact) mass is 178 g/mol. The zero-order chi connectivity index (χ0) is 6.78. The molecule has 0 fully saturated rings. The van der Waals surface area contributed by atoms with E-state index in [1.807, 2.05) is 0 Å². The molecule has 0 amide bonds. The first-order valence-corrected chi connectivity index (χ1v) is 5.29. The lowest BCUT2D eigenvalue weighted by molar-refractivity contribution is 0.343. The van der Waals surface area contributed by atoms with E-state index in [1.54, 1.807) is 0 Å². The summed E-state index contributed by atoms with van der Waals surface area (Å²) in [6.07, 6.45) is 0. The van der Waals surface area contributed by atoms with E-state index in [4.69, 9.17) is 14.7 Å². The van der Waals surface area contributed by atoms with E-state index in [9.17, 15) is 4.57 Å². The van der Waals surface area contributed by atoms with Gasteiger partial charge in [0.1, 0.15) is 0 Å². The maximum absolute atomic E-state index is 9.62. The molecule has 1 unspecified atom stereocenters. The highest BCUT2D eigenvalue weighted by Gasteiger charge is 2.09. The predicted octanol–water partition coefficient (Wildman–Crippen LogP) is -0.406. The second-order valence-corrected chi connectivity index (χ2v) is 4.52. The van der Waals surface area contributed by atoms with E-state index >= 15 is 0 Å². The minimum absolute atomic E-state index is 3.30. The lowest BCUT2D eigenvalue weighted by Crippen LogP contribution is -1.74. The lowest BCUT2D eigenvalue weighted by Gasteiger charge is -2.01. The van der Waals surface area contributed by atoms with Crippen LogP contribution in [0.15, 0.2) is 0 Å². The molecule has 8 heteroatoms. The van der Waals surface area contributed by atoms with Crippen LogP contribution in [-0.4, -0.2) is 14.7 Å². The molecule has 0 aromatic carbocycles. The van der Waals surface area contributed by atoms with Crippen molar-refractivity contribution in [2.75, 3.05) is 0 Å². The standard InChI is InChI=1S/H4O5P2S/c1-6(2)5-7(3,4)8/h6H,(H,1,2)(H2,3,4,8). The molecular formula is H4O5P2S. The summed E-state index contributed by atoms with van der Waals surface area (Å²) >= 11 is 3.83. The second-order valence-electron chi connectivity index (χ2n) is 0.848. The summed E-state index contributed by atoms with van der Waals surface area (Å²) in [6, 6.07) is 0. The molecule has 0 aromatic heterocycles. The van der Waals surface area contributed by atoms with Gasteiger partial charge in [-0.15, -0.1) is 0 Å². The zero-order valence-electron chi connectivity index (χ0n) is 3.51. The predicted molar refractivity (Wildman–Crippen MR) is 31.0 cm³/mol. The van der Waals surface area contributed by atoms with Gasteiger partial charge in [-0.25, -0.2) is 4.31 Å². The molecule has 8 heavy (non-hydrogen) atoms. The van der Waals surface area contributed by atoms with Crippen LogP contribution >= 0.6 is 15.0 Å². The van der Waals surface area contributed by atoms with Crippen molar-refractivity contribution in [2.24, 2.45) is 0 Å². The van der Waals surface area contributed by atoms with E-state index in [-0.39, 0.29) is 0 Å². The molecule has 0 radical (unpaired) electrons. The lowest BCUT2D eigenvalue weighted by atomic mass is 15.8. The molecule has 3 N–H and O–H groups in total. The van der Waals surface area contributed by atoms with Crippen LogP contribution in [0.3, 0.4) is 0 Å². The van der Waals surface area contributed by atoms with E-state index in [2.05, 4.69) is 16.1 Å². The summed E-state index contributed by atoms with van der Waals surface area (Å²) in [4.78, 5) is 24.1. The Kier molecular flexibility index (Phi) is 3.31. The van der Waals surface area contributed by atoms with Crippen molar-refractivity contribution in [3.05, 3.63) is 0 Å². The molecular weight excluding hydrogens is 174 g/mol. The van der Waals surface area contributed by atoms with Crippen molar-refractivity contribution in [2.45, 2.75) is 0 Å². The van der Waals surface area contributed by atoms with Crippen molar-refractivity contribution in [3.63, 3.8) is 0 Å². The zero-order valence-corrected chi connectivity index (χ0v) is 6.22. The molecule has 0 aromatic rings. The van der Waals surface area contributed by atoms with Crippen LogP contribution in [0.5, 0.6) is 0 Å². The highest BCUT2D eigenvalue weighted by molar-refractivity contribution is 8.07. The Hall–Kier alpha value is 0.720. The van der Waals surface area contributed by atoms with Crippen LogP contribution in [0.1, 0.15) is 0 Å². The minimum Gasteiger partial charge on any atom is -0.326 e. The van der Waals surface area contributed by atoms with Gasteiger partial charge in [-0.3, -0.25) is 4.57 Å². The van der Waals surface area contributed by atoms with Crippen LogP contribution in [0.4, 0.5) is 0 Å². The van der Waals surface area contributed by atoms with Crippen molar-refractivity contribution in [3.8, 4) is 0 Å². The summed E-state index contributed by atoms with van der Waals surface area (Å²) in [5, 5.41) is 0. The molecule has 5 nitrogen and oxygen atoms in total. The molecule has 50 valence electrons. The third kappa shape index (κ3) is 6.72. The molecule has 0 saturated heterocycles. The average Bonchev–Trinajstić information content (AvgIpc) is 1.21. The summed E-state index contributed by atoms with van der Waals surface area (Å²) in [6.45, 7) is -3.91. The van der Waals surface area contributed by atoms with Crippen LogP contribution in [0.25, 0.3) is 0 Å². The van der Waals surface area contributed by atoms with Gasteiger partial charge in [0.05, 0.1) is 0 Å². The largest absolute Gasteiger partial charge is 0.329 e. The van der Waals surface area contributed by atoms with Gasteiger partial charge in [0.15, 0.2) is 0 Å². The molecule has 0 heterocycles. The first-order chi connectivity index (χ1) is 3.42. The molecule has 0 bridgehead atoms. The summed E-state index contributed by atoms with van der Waals surface area (Å²) < 4.78 is 13.2. The van der Waals surface area contributed by atoms with Crippen LogP contribution in [0.2, 0.25) is 0 Å². The topological polar surface area (TPSA) is 87.0 Å². The number of hydrogen-bond donors (Lipinski definition) is 3. The van der Waals surface area contributed by atoms with E-state index in [0.717, 1.165) is 0 Å². The maximum Gasteiger partial charge on any atom is 0.329 e. The Balaban J connectivity index is 3.74. The highest BCUT2D eigenvalue weighted by atomic mass is 32.5. The molecule has 0 aliphatic carbocycles. The summed E-state index contributed by atoms with van der Waals surface area (Å²) in [5.74, 6) is 0. The van der Waals surface area contributed by atoms with Gasteiger partial charge in [0.25, 0.3) is 0 Å². The van der Waals surface area contributed by atoms with Crippen molar-refractivity contribution in [1.29, 1.82) is 0 Å². The molecule has 0 aliphatic rings. The molecule has 0 rings (SSSR count). The van der Waals surface area contributed by atoms with Gasteiger partial charge < -0.3 is 14.7 Å². The fourth-order valence-corrected chi connectivity index (χ4v) is 1.49. The second kappa shape index (κ2) is 3.03. The van der Waals surface area contributed by atoms with Crippen LogP contribution in [-0.2, 0) is 20.7 Å². The van der Waals surface area contributed by atoms with Crippen LogP contribution in [0, 0.1) is 0 Å². The van der Waals surface area contributed by atoms with E-state index in [0.29, 0.717) is 0 Å². The minimum atomic E-state index is -3.91. The Bertz CT molecular complexity index is 133. The quantitative estimate of drug-likeness (QED) is 0.498. The molecule has 0 spiro atoms. The normalized spacial score (nSPS) is 15.9. The van der Waals surface area contributed by atoms with Crippen molar-refractivity contribution in [1.82, 2.24) is 0 Å².